The molecule has 6 nitrogen and oxygen atoms in total. The predicted molar refractivity (Wildman–Crippen MR) is 98.4 cm³/mol. The number of carbonyl (C=O) groups is 1. The molecule has 2 aromatic rings. The Hall–Kier alpha value is -2.54. The zero-order valence-electron chi connectivity index (χ0n) is 14.8. The van der Waals surface area contributed by atoms with Crippen molar-refractivity contribution in [1.29, 1.82) is 0 Å². The average Bonchev–Trinajstić information content (AvgIpc) is 2.70. The van der Waals surface area contributed by atoms with Crippen LogP contribution in [-0.2, 0) is 11.2 Å². The molecule has 0 bridgehead atoms. The van der Waals surface area contributed by atoms with E-state index in [-0.39, 0.29) is 11.7 Å². The molecular weight excluding hydrogens is 333 g/mol. The van der Waals surface area contributed by atoms with E-state index in [1.54, 1.807) is 30.6 Å². The molecule has 1 amide bonds. The minimum absolute atomic E-state index is 0.174. The lowest BCUT2D eigenvalue weighted by molar-refractivity contribution is -0.131. The molecule has 0 spiro atoms. The van der Waals surface area contributed by atoms with Gasteiger partial charge in [-0.3, -0.25) is 4.79 Å². The fourth-order valence-corrected chi connectivity index (χ4v) is 2.97. The molecule has 1 N–H and O–H groups in total. The number of hydrogen-bond donors (Lipinski definition) is 1. The fraction of sp³-hybridized carbons (Fsp3) is 0.421. The Kier molecular flexibility index (Phi) is 6.49. The van der Waals surface area contributed by atoms with Crippen molar-refractivity contribution in [2.45, 2.75) is 12.8 Å². The van der Waals surface area contributed by atoms with Crippen molar-refractivity contribution in [2.24, 2.45) is 0 Å². The molecule has 0 aliphatic carbocycles. The van der Waals surface area contributed by atoms with E-state index < -0.39 is 0 Å². The van der Waals surface area contributed by atoms with Crippen LogP contribution in [-0.4, -0.2) is 60.0 Å². The molecule has 1 aromatic carbocycles. The van der Waals surface area contributed by atoms with Crippen LogP contribution in [0.25, 0.3) is 0 Å². The van der Waals surface area contributed by atoms with Gasteiger partial charge < -0.3 is 15.1 Å². The number of nitrogens with one attached hydrogen (secondary N) is 1. The number of rotatable bonds is 7. The fourth-order valence-electron chi connectivity index (χ4n) is 2.97. The minimum Gasteiger partial charge on any atom is -0.339 e. The molecule has 3 rings (SSSR count). The van der Waals surface area contributed by atoms with Crippen LogP contribution in [0.5, 0.6) is 0 Å². The van der Waals surface area contributed by atoms with E-state index in [9.17, 15) is 9.18 Å². The molecule has 1 aliphatic heterocycles. The zero-order chi connectivity index (χ0) is 18.2. The van der Waals surface area contributed by atoms with E-state index in [1.807, 2.05) is 4.90 Å². The summed E-state index contributed by atoms with van der Waals surface area (Å²) in [7, 11) is 0. The van der Waals surface area contributed by atoms with Gasteiger partial charge in [0.05, 0.1) is 0 Å². The maximum absolute atomic E-state index is 12.8. The Morgan fingerprint density at radius 3 is 2.42 bits per heavy atom. The molecule has 1 aromatic heterocycles. The summed E-state index contributed by atoms with van der Waals surface area (Å²) < 4.78 is 12.8. The van der Waals surface area contributed by atoms with E-state index >= 15 is 0 Å². The standard InChI is InChI=1S/C19H24FN5O/c20-17-4-2-16(3-5-17)6-10-21-11-7-18(26)24-12-14-25(15-13-24)19-22-8-1-9-23-19/h1-5,8-9,21H,6-7,10-15H2. The van der Waals surface area contributed by atoms with Crippen molar-refractivity contribution >= 4 is 11.9 Å². The Labute approximate surface area is 153 Å². The lowest BCUT2D eigenvalue weighted by Gasteiger charge is -2.34. The molecule has 0 radical (unpaired) electrons. The summed E-state index contributed by atoms with van der Waals surface area (Å²) in [6.45, 7) is 4.35. The van der Waals surface area contributed by atoms with Crippen LogP contribution in [0.4, 0.5) is 10.3 Å². The van der Waals surface area contributed by atoms with E-state index in [0.717, 1.165) is 37.6 Å². The van der Waals surface area contributed by atoms with Crippen LogP contribution in [0.15, 0.2) is 42.7 Å². The topological polar surface area (TPSA) is 61.4 Å². The number of hydrogen-bond acceptors (Lipinski definition) is 5. The van der Waals surface area contributed by atoms with Crippen molar-refractivity contribution in [3.8, 4) is 0 Å². The number of anilines is 1. The second kappa shape index (κ2) is 9.24. The van der Waals surface area contributed by atoms with Crippen LogP contribution >= 0.6 is 0 Å². The van der Waals surface area contributed by atoms with Gasteiger partial charge in [-0.05, 0) is 36.7 Å². The van der Waals surface area contributed by atoms with Gasteiger partial charge in [0.15, 0.2) is 0 Å². The molecule has 1 saturated heterocycles. The maximum Gasteiger partial charge on any atom is 0.225 e. The Morgan fingerprint density at radius 2 is 1.73 bits per heavy atom. The SMILES string of the molecule is O=C(CCNCCc1ccc(F)cc1)N1CCN(c2ncccn2)CC1. The number of aromatic nitrogens is 2. The van der Waals surface area contributed by atoms with Crippen LogP contribution < -0.4 is 10.2 Å². The van der Waals surface area contributed by atoms with Gasteiger partial charge in [-0.2, -0.15) is 0 Å². The number of piperazine rings is 1. The van der Waals surface area contributed by atoms with Crippen molar-refractivity contribution in [3.63, 3.8) is 0 Å². The molecular formula is C19H24FN5O. The Bertz CT molecular complexity index is 687. The average molecular weight is 357 g/mol. The normalized spacial score (nSPS) is 14.5. The van der Waals surface area contributed by atoms with Gasteiger partial charge in [0, 0.05) is 51.5 Å². The van der Waals surface area contributed by atoms with Crippen molar-refractivity contribution in [2.75, 3.05) is 44.2 Å². The highest BCUT2D eigenvalue weighted by molar-refractivity contribution is 5.76. The summed E-state index contributed by atoms with van der Waals surface area (Å²) >= 11 is 0. The van der Waals surface area contributed by atoms with E-state index in [4.69, 9.17) is 0 Å². The summed E-state index contributed by atoms with van der Waals surface area (Å²) in [4.78, 5) is 24.8. The van der Waals surface area contributed by atoms with Crippen LogP contribution in [0, 0.1) is 5.82 Å². The van der Waals surface area contributed by atoms with Gasteiger partial charge >= 0.3 is 0 Å². The lowest BCUT2D eigenvalue weighted by Crippen LogP contribution is -2.49. The van der Waals surface area contributed by atoms with Crippen LogP contribution in [0.1, 0.15) is 12.0 Å². The zero-order valence-corrected chi connectivity index (χ0v) is 14.8. The maximum atomic E-state index is 12.8. The van der Waals surface area contributed by atoms with Gasteiger partial charge in [-0.1, -0.05) is 12.1 Å². The molecule has 138 valence electrons. The summed E-state index contributed by atoms with van der Waals surface area (Å²) in [5.41, 5.74) is 1.09. The summed E-state index contributed by atoms with van der Waals surface area (Å²) in [5, 5.41) is 3.28. The predicted octanol–water partition coefficient (Wildman–Crippen LogP) is 1.49. The lowest BCUT2D eigenvalue weighted by atomic mass is 10.1. The highest BCUT2D eigenvalue weighted by atomic mass is 19.1. The smallest absolute Gasteiger partial charge is 0.225 e. The third kappa shape index (κ3) is 5.23. The van der Waals surface area contributed by atoms with Crippen molar-refractivity contribution in [1.82, 2.24) is 20.2 Å². The molecule has 0 saturated carbocycles. The van der Waals surface area contributed by atoms with Gasteiger partial charge in [-0.25, -0.2) is 14.4 Å². The van der Waals surface area contributed by atoms with Crippen molar-refractivity contribution in [3.05, 3.63) is 54.1 Å². The first-order valence-corrected chi connectivity index (χ1v) is 8.97. The summed E-state index contributed by atoms with van der Waals surface area (Å²) in [5.74, 6) is 0.682. The molecule has 26 heavy (non-hydrogen) atoms. The van der Waals surface area contributed by atoms with E-state index in [0.29, 0.717) is 26.1 Å². The van der Waals surface area contributed by atoms with Crippen LogP contribution in [0.3, 0.4) is 0 Å². The molecule has 1 fully saturated rings. The number of amides is 1. The van der Waals surface area contributed by atoms with Gasteiger partial charge in [-0.15, -0.1) is 0 Å². The molecule has 0 unspecified atom stereocenters. The minimum atomic E-state index is -0.216. The second-order valence-corrected chi connectivity index (χ2v) is 6.29. The monoisotopic (exact) mass is 357 g/mol. The number of halogens is 1. The Balaban J connectivity index is 1.31. The number of carbonyl (C=O) groups excluding carboxylic acids is 1. The first-order valence-electron chi connectivity index (χ1n) is 8.97. The van der Waals surface area contributed by atoms with Gasteiger partial charge in [0.1, 0.15) is 5.82 Å². The number of benzene rings is 1. The quantitative estimate of drug-likeness (QED) is 0.761. The van der Waals surface area contributed by atoms with Gasteiger partial charge in [0.2, 0.25) is 11.9 Å². The molecule has 1 aliphatic rings. The molecule has 7 heteroatoms. The van der Waals surface area contributed by atoms with E-state index in [1.165, 1.54) is 12.1 Å². The highest BCUT2D eigenvalue weighted by Crippen LogP contribution is 2.10. The third-order valence-corrected chi connectivity index (χ3v) is 4.49. The summed E-state index contributed by atoms with van der Waals surface area (Å²) in [6.07, 6.45) is 4.78. The highest BCUT2D eigenvalue weighted by Gasteiger charge is 2.21. The third-order valence-electron chi connectivity index (χ3n) is 4.49. The second-order valence-electron chi connectivity index (χ2n) is 6.29. The molecule has 2 heterocycles. The first kappa shape index (κ1) is 18.3. The van der Waals surface area contributed by atoms with Crippen LogP contribution in [0.2, 0.25) is 0 Å². The Morgan fingerprint density at radius 1 is 1.04 bits per heavy atom. The van der Waals surface area contributed by atoms with E-state index in [2.05, 4.69) is 20.2 Å². The summed E-state index contributed by atoms with van der Waals surface area (Å²) in [6, 6.07) is 8.32. The molecule has 0 atom stereocenters. The van der Waals surface area contributed by atoms with Crippen molar-refractivity contribution < 1.29 is 9.18 Å². The number of nitrogens with zero attached hydrogens (tertiary/aromatic N) is 4. The first-order chi connectivity index (χ1) is 12.7. The van der Waals surface area contributed by atoms with Gasteiger partial charge in [0.25, 0.3) is 0 Å². The largest absolute Gasteiger partial charge is 0.339 e.